The van der Waals surface area contributed by atoms with Gasteiger partial charge in [-0.2, -0.15) is 4.31 Å². The van der Waals surface area contributed by atoms with Crippen LogP contribution in [0.25, 0.3) is 0 Å². The van der Waals surface area contributed by atoms with Crippen molar-refractivity contribution >= 4 is 40.3 Å². The fraction of sp³-hybridized carbons (Fsp3) is 0.367. The molecule has 2 aliphatic rings. The third-order valence-corrected chi connectivity index (χ3v) is 15.3. The van der Waals surface area contributed by atoms with E-state index in [2.05, 4.69) is 45.0 Å². The second-order valence-electron chi connectivity index (χ2n) is 11.7. The second kappa shape index (κ2) is 10.8. The Kier molecular flexibility index (Phi) is 7.66. The van der Waals surface area contributed by atoms with Gasteiger partial charge in [0.05, 0.1) is 11.0 Å². The Morgan fingerprint density at radius 3 is 1.98 bits per heavy atom. The van der Waals surface area contributed by atoms with Crippen molar-refractivity contribution in [3.8, 4) is 0 Å². The average molecular weight is 594 g/mol. The molecule has 0 spiro atoms. The second-order valence-corrected chi connectivity index (χ2v) is 17.8. The van der Waals surface area contributed by atoms with E-state index in [0.29, 0.717) is 12.8 Å². The topological polar surface area (TPSA) is 110 Å². The predicted octanol–water partition coefficient (Wildman–Crippen LogP) is 3.88. The van der Waals surface area contributed by atoms with E-state index in [1.807, 2.05) is 36.4 Å². The van der Waals surface area contributed by atoms with E-state index >= 15 is 0 Å². The number of nitro benzene ring substituents is 1. The van der Waals surface area contributed by atoms with E-state index in [9.17, 15) is 23.3 Å². The summed E-state index contributed by atoms with van der Waals surface area (Å²) in [5.41, 5.74) is -0.505. The number of hydrogen-bond donors (Lipinski definition) is 0. The summed E-state index contributed by atoms with van der Waals surface area (Å²) < 4.78 is 36.0. The Bertz CT molecular complexity index is 1510. The van der Waals surface area contributed by atoms with Crippen molar-refractivity contribution in [1.82, 2.24) is 9.21 Å². The quantitative estimate of drug-likeness (QED) is 0.234. The number of fused-ring (bicyclic) bond motifs is 1. The molecule has 1 amide bonds. The lowest BCUT2D eigenvalue weighted by Gasteiger charge is -2.47. The minimum Gasteiger partial charge on any atom is -0.403 e. The highest BCUT2D eigenvalue weighted by atomic mass is 32.2. The SMILES string of the molecule is C[C@H]1C(=O)N2C[C@@H](O[Si](c3ccccc3)(c3ccccc3)C(C)(C)C)CCC2N1S(=O)(=O)c1ccccc1[N+](=O)[O-]. The predicted molar refractivity (Wildman–Crippen MR) is 159 cm³/mol. The largest absolute Gasteiger partial charge is 0.403 e. The van der Waals surface area contributed by atoms with Gasteiger partial charge in [0.25, 0.3) is 24.0 Å². The Hall–Kier alpha value is -3.38. The number of nitrogens with zero attached hydrogens (tertiary/aromatic N) is 3. The number of hydrogen-bond acceptors (Lipinski definition) is 6. The number of rotatable bonds is 7. The molecular weight excluding hydrogens is 558 g/mol. The number of benzene rings is 3. The number of amides is 1. The van der Waals surface area contributed by atoms with Crippen LogP contribution in [-0.2, 0) is 19.2 Å². The molecule has 3 atom stereocenters. The highest BCUT2D eigenvalue weighted by molar-refractivity contribution is 7.89. The molecule has 0 aliphatic carbocycles. The normalized spacial score (nSPS) is 22.0. The molecule has 0 N–H and O–H groups in total. The van der Waals surface area contributed by atoms with Crippen LogP contribution < -0.4 is 10.4 Å². The summed E-state index contributed by atoms with van der Waals surface area (Å²) in [7, 11) is -7.22. The molecule has 2 saturated heterocycles. The molecule has 216 valence electrons. The van der Waals surface area contributed by atoms with Gasteiger partial charge in [-0.15, -0.1) is 0 Å². The maximum atomic E-state index is 13.8. The molecule has 0 saturated carbocycles. The van der Waals surface area contributed by atoms with Crippen LogP contribution in [0.1, 0.15) is 40.5 Å². The van der Waals surface area contributed by atoms with Gasteiger partial charge in [-0.3, -0.25) is 14.9 Å². The van der Waals surface area contributed by atoms with E-state index in [1.54, 1.807) is 11.8 Å². The maximum absolute atomic E-state index is 13.8. The standard InChI is InChI=1S/C30H35N3O6SSi/c1-22-29(34)31-21-23(19-20-28(31)32(22)40(37,38)27-18-12-11-17-26(27)33(35)36)39-41(30(2,3)4,24-13-7-5-8-14-24)25-15-9-6-10-16-25/h5-18,22-23,28H,19-21H2,1-4H3/t22-,23-,28?/m0/s1. The lowest BCUT2D eigenvalue weighted by molar-refractivity contribution is -0.387. The van der Waals surface area contributed by atoms with Crippen LogP contribution in [0.3, 0.4) is 0 Å². The molecule has 5 rings (SSSR count). The lowest BCUT2D eigenvalue weighted by Crippen LogP contribution is -2.68. The van der Waals surface area contributed by atoms with Crippen LogP contribution in [0.2, 0.25) is 5.04 Å². The van der Waals surface area contributed by atoms with Gasteiger partial charge in [0, 0.05) is 12.6 Å². The molecule has 3 aromatic carbocycles. The Labute approximate surface area is 242 Å². The molecule has 3 aromatic rings. The molecule has 2 fully saturated rings. The Morgan fingerprint density at radius 1 is 0.902 bits per heavy atom. The van der Waals surface area contributed by atoms with Crippen LogP contribution in [-0.4, -0.2) is 61.6 Å². The molecule has 2 aliphatic heterocycles. The van der Waals surface area contributed by atoms with Gasteiger partial charge in [0.1, 0.15) is 12.2 Å². The summed E-state index contributed by atoms with van der Waals surface area (Å²) in [5.74, 6) is -0.326. The zero-order valence-electron chi connectivity index (χ0n) is 23.6. The van der Waals surface area contributed by atoms with Gasteiger partial charge in [-0.05, 0) is 41.2 Å². The van der Waals surface area contributed by atoms with Crippen molar-refractivity contribution in [1.29, 1.82) is 0 Å². The Morgan fingerprint density at radius 2 is 1.44 bits per heavy atom. The molecule has 9 nitrogen and oxygen atoms in total. The van der Waals surface area contributed by atoms with Gasteiger partial charge in [0.15, 0.2) is 4.90 Å². The monoisotopic (exact) mass is 593 g/mol. The van der Waals surface area contributed by atoms with Crippen LogP contribution in [0, 0.1) is 10.1 Å². The lowest BCUT2D eigenvalue weighted by atomic mass is 10.1. The summed E-state index contributed by atoms with van der Waals surface area (Å²) in [6.07, 6.45) is -0.156. The van der Waals surface area contributed by atoms with Crippen molar-refractivity contribution < 1.29 is 22.6 Å². The minimum absolute atomic E-state index is 0.237. The first-order valence-electron chi connectivity index (χ1n) is 13.8. The zero-order valence-corrected chi connectivity index (χ0v) is 25.5. The fourth-order valence-electron chi connectivity index (χ4n) is 6.38. The first-order chi connectivity index (χ1) is 19.4. The van der Waals surface area contributed by atoms with Crippen LogP contribution in [0.15, 0.2) is 89.8 Å². The molecule has 41 heavy (non-hydrogen) atoms. The zero-order chi connectivity index (χ0) is 29.6. The Balaban J connectivity index is 1.50. The molecule has 2 heterocycles. The summed E-state index contributed by atoms with van der Waals surface area (Å²) >= 11 is 0. The first kappa shape index (κ1) is 29.1. The molecule has 0 aromatic heterocycles. The van der Waals surface area contributed by atoms with Crippen molar-refractivity contribution in [3.63, 3.8) is 0 Å². The summed E-state index contributed by atoms with van der Waals surface area (Å²) in [6, 6.07) is 24.8. The minimum atomic E-state index is -4.33. The fourth-order valence-corrected chi connectivity index (χ4v) is 13.0. The van der Waals surface area contributed by atoms with Gasteiger partial charge in [0.2, 0.25) is 5.91 Å². The number of sulfonamides is 1. The van der Waals surface area contributed by atoms with Crippen LogP contribution in [0.4, 0.5) is 5.69 Å². The van der Waals surface area contributed by atoms with Crippen LogP contribution in [0.5, 0.6) is 0 Å². The van der Waals surface area contributed by atoms with Gasteiger partial charge in [-0.25, -0.2) is 8.42 Å². The van der Waals surface area contributed by atoms with Gasteiger partial charge >= 0.3 is 0 Å². The molecule has 11 heteroatoms. The highest BCUT2D eigenvalue weighted by Gasteiger charge is 2.56. The van der Waals surface area contributed by atoms with Gasteiger partial charge < -0.3 is 9.33 Å². The van der Waals surface area contributed by atoms with Crippen molar-refractivity contribution in [2.45, 2.75) is 68.8 Å². The van der Waals surface area contributed by atoms with Gasteiger partial charge in [-0.1, -0.05) is 93.6 Å². The number of carbonyl (C=O) groups excluding carboxylic acids is 1. The van der Waals surface area contributed by atoms with Crippen molar-refractivity contribution in [2.24, 2.45) is 0 Å². The van der Waals surface area contributed by atoms with Crippen molar-refractivity contribution in [2.75, 3.05) is 6.54 Å². The van der Waals surface area contributed by atoms with E-state index in [0.717, 1.165) is 14.7 Å². The maximum Gasteiger partial charge on any atom is 0.289 e. The third-order valence-electron chi connectivity index (χ3n) is 8.20. The molecular formula is C30H35N3O6SSi. The summed E-state index contributed by atoms with van der Waals surface area (Å²) in [6.45, 7) is 8.35. The smallest absolute Gasteiger partial charge is 0.289 e. The van der Waals surface area contributed by atoms with E-state index in [-0.39, 0.29) is 23.6 Å². The summed E-state index contributed by atoms with van der Waals surface area (Å²) in [5, 5.41) is 13.6. The highest BCUT2D eigenvalue weighted by Crippen LogP contribution is 2.41. The number of nitro groups is 1. The number of para-hydroxylation sites is 1. The third kappa shape index (κ3) is 4.90. The summed E-state index contributed by atoms with van der Waals surface area (Å²) in [4.78, 5) is 25.6. The average Bonchev–Trinajstić information content (AvgIpc) is 3.21. The van der Waals surface area contributed by atoms with E-state index < -0.39 is 46.1 Å². The number of piperidine rings is 1. The molecule has 0 radical (unpaired) electrons. The molecule has 1 unspecified atom stereocenters. The molecule has 0 bridgehead atoms. The first-order valence-corrected chi connectivity index (χ1v) is 17.1. The van der Waals surface area contributed by atoms with Crippen molar-refractivity contribution in [3.05, 3.63) is 95.0 Å². The van der Waals surface area contributed by atoms with E-state index in [1.165, 1.54) is 24.3 Å². The van der Waals surface area contributed by atoms with E-state index in [4.69, 9.17) is 4.43 Å². The number of carbonyl (C=O) groups is 1. The van der Waals surface area contributed by atoms with Crippen LogP contribution >= 0.6 is 0 Å².